The summed E-state index contributed by atoms with van der Waals surface area (Å²) in [5, 5.41) is 10.7. The molecule has 202 valence electrons. The molecule has 0 unspecified atom stereocenters. The van der Waals surface area contributed by atoms with Gasteiger partial charge in [-0.05, 0) is 41.7 Å². The lowest BCUT2D eigenvalue weighted by molar-refractivity contribution is -0.282. The zero-order valence-electron chi connectivity index (χ0n) is 22.6. The lowest BCUT2D eigenvalue weighted by Crippen LogP contribution is -2.50. The molecule has 0 atom stereocenters. The van der Waals surface area contributed by atoms with E-state index in [4.69, 9.17) is 4.89 Å². The van der Waals surface area contributed by atoms with E-state index in [2.05, 4.69) is 73.4 Å². The van der Waals surface area contributed by atoms with E-state index in [1.54, 1.807) is 11.3 Å². The van der Waals surface area contributed by atoms with Gasteiger partial charge in [-0.15, -0.1) is 10.2 Å². The van der Waals surface area contributed by atoms with Gasteiger partial charge in [0.2, 0.25) is 0 Å². The van der Waals surface area contributed by atoms with E-state index in [1.165, 1.54) is 69.1 Å². The summed E-state index contributed by atoms with van der Waals surface area (Å²) in [5.74, 6) is 0. The first-order valence-electron chi connectivity index (χ1n) is 14.0. The zero-order chi connectivity index (χ0) is 26.4. The monoisotopic (exact) mass is 540 g/mol. The quantitative estimate of drug-likeness (QED) is 0.176. The smallest absolute Gasteiger partial charge is 0.148 e. The maximum absolute atomic E-state index is 5.00. The van der Waals surface area contributed by atoms with Crippen LogP contribution in [-0.2, 0) is 16.4 Å². The molecule has 4 aromatic rings. The Kier molecular flexibility index (Phi) is 8.30. The molecule has 7 heteroatoms. The molecule has 1 aliphatic carbocycles. The highest BCUT2D eigenvalue weighted by Crippen LogP contribution is 2.32. The van der Waals surface area contributed by atoms with E-state index in [9.17, 15) is 0 Å². The van der Waals surface area contributed by atoms with E-state index in [0.717, 1.165) is 45.8 Å². The van der Waals surface area contributed by atoms with E-state index < -0.39 is 0 Å². The highest BCUT2D eigenvalue weighted by Gasteiger charge is 2.25. The number of aromatic nitrogens is 2. The number of piperazine rings is 1. The Bertz CT molecular complexity index is 1320. The number of anilines is 1. The Balaban J connectivity index is 1.07. The molecule has 6 nitrogen and oxygen atoms in total. The number of hydrogen-bond donors (Lipinski definition) is 0. The Morgan fingerprint density at radius 3 is 1.82 bits per heavy atom. The van der Waals surface area contributed by atoms with Crippen LogP contribution in [0.3, 0.4) is 0 Å². The fraction of sp³-hybridized carbons (Fsp3) is 0.375. The SMILES string of the molecule is COOCc1ccc(-c2nnc(-c3ccc(-c4ccc(N5CCN(C6CCCCC6)CC5)cc4)cc3)s2)cc1. The molecule has 2 fully saturated rings. The summed E-state index contributed by atoms with van der Waals surface area (Å²) in [6.07, 6.45) is 7.04. The first kappa shape index (κ1) is 26.1. The maximum atomic E-state index is 5.00. The summed E-state index contributed by atoms with van der Waals surface area (Å²) in [6.45, 7) is 5.05. The van der Waals surface area contributed by atoms with Crippen molar-refractivity contribution in [3.8, 4) is 32.3 Å². The molecule has 3 aromatic carbocycles. The van der Waals surface area contributed by atoms with Crippen LogP contribution in [0.25, 0.3) is 32.3 Å². The van der Waals surface area contributed by atoms with E-state index in [-0.39, 0.29) is 0 Å². The molecular weight excluding hydrogens is 504 g/mol. The fourth-order valence-corrected chi connectivity index (χ4v) is 6.64. The summed E-state index contributed by atoms with van der Waals surface area (Å²) in [7, 11) is 1.51. The van der Waals surface area contributed by atoms with Gasteiger partial charge >= 0.3 is 0 Å². The first-order chi connectivity index (χ1) is 19.3. The van der Waals surface area contributed by atoms with Crippen LogP contribution < -0.4 is 4.90 Å². The molecular formula is C32H36N4O2S. The minimum Gasteiger partial charge on any atom is -0.369 e. The number of benzene rings is 3. The molecule has 0 N–H and O–H groups in total. The lowest BCUT2D eigenvalue weighted by Gasteiger charge is -2.41. The third kappa shape index (κ3) is 6.23. The first-order valence-corrected chi connectivity index (χ1v) is 14.9. The topological polar surface area (TPSA) is 50.7 Å². The molecule has 1 aliphatic heterocycles. The largest absolute Gasteiger partial charge is 0.369 e. The van der Waals surface area contributed by atoms with Gasteiger partial charge in [0.15, 0.2) is 0 Å². The highest BCUT2D eigenvalue weighted by atomic mass is 32.1. The van der Waals surface area contributed by atoms with Gasteiger partial charge in [0, 0.05) is 49.0 Å². The van der Waals surface area contributed by atoms with Crippen molar-refractivity contribution < 1.29 is 9.78 Å². The second kappa shape index (κ2) is 12.4. The van der Waals surface area contributed by atoms with Crippen molar-refractivity contribution in [2.45, 2.75) is 44.8 Å². The highest BCUT2D eigenvalue weighted by molar-refractivity contribution is 7.17. The van der Waals surface area contributed by atoms with Gasteiger partial charge in [0.1, 0.15) is 16.6 Å². The summed E-state index contributed by atoms with van der Waals surface area (Å²) in [5.41, 5.74) is 6.96. The number of hydrogen-bond acceptors (Lipinski definition) is 7. The minimum atomic E-state index is 0.421. The average molecular weight is 541 g/mol. The van der Waals surface area contributed by atoms with Crippen molar-refractivity contribution in [2.75, 3.05) is 38.2 Å². The zero-order valence-corrected chi connectivity index (χ0v) is 23.4. The van der Waals surface area contributed by atoms with Crippen LogP contribution in [0.5, 0.6) is 0 Å². The third-order valence-corrected chi connectivity index (χ3v) is 9.09. The third-order valence-electron chi connectivity index (χ3n) is 8.07. The van der Waals surface area contributed by atoms with Crippen molar-refractivity contribution in [3.63, 3.8) is 0 Å². The summed E-state index contributed by atoms with van der Waals surface area (Å²) >= 11 is 1.60. The molecule has 0 spiro atoms. The number of rotatable bonds is 8. The van der Waals surface area contributed by atoms with Crippen molar-refractivity contribution in [1.82, 2.24) is 15.1 Å². The van der Waals surface area contributed by atoms with Crippen molar-refractivity contribution >= 4 is 17.0 Å². The predicted molar refractivity (Wildman–Crippen MR) is 159 cm³/mol. The molecule has 0 radical (unpaired) electrons. The molecule has 0 amide bonds. The summed E-state index contributed by atoms with van der Waals surface area (Å²) in [4.78, 5) is 15.0. The molecule has 6 rings (SSSR count). The summed E-state index contributed by atoms with van der Waals surface area (Å²) < 4.78 is 0. The molecule has 1 aromatic heterocycles. The standard InChI is InChI=1S/C32H36N4O2S/c1-37-38-23-24-7-9-27(10-8-24)31-33-34-32(39-31)28-13-11-25(12-14-28)26-15-17-30(18-16-26)36-21-19-35(20-22-36)29-5-3-2-4-6-29/h7-18,29H,2-6,19-23H2,1H3. The van der Waals surface area contributed by atoms with Gasteiger partial charge in [0.05, 0.1) is 7.11 Å². The molecule has 1 saturated carbocycles. The fourth-order valence-electron chi connectivity index (χ4n) is 5.79. The lowest BCUT2D eigenvalue weighted by atomic mass is 9.94. The van der Waals surface area contributed by atoms with E-state index in [0.29, 0.717) is 6.61 Å². The van der Waals surface area contributed by atoms with Crippen molar-refractivity contribution in [1.29, 1.82) is 0 Å². The van der Waals surface area contributed by atoms with Crippen LogP contribution in [0.2, 0.25) is 0 Å². The predicted octanol–water partition coefficient (Wildman–Crippen LogP) is 7.07. The second-order valence-corrected chi connectivity index (χ2v) is 11.5. The summed E-state index contributed by atoms with van der Waals surface area (Å²) in [6, 6.07) is 26.7. The van der Waals surface area contributed by atoms with Gasteiger partial charge in [-0.3, -0.25) is 4.90 Å². The normalized spacial score (nSPS) is 17.0. The molecule has 2 heterocycles. The number of nitrogens with zero attached hydrogens (tertiary/aromatic N) is 4. The van der Waals surface area contributed by atoms with Gasteiger partial charge in [-0.1, -0.05) is 91.3 Å². The Hall–Kier alpha value is -3.10. The van der Waals surface area contributed by atoms with Gasteiger partial charge in [-0.25, -0.2) is 9.78 Å². The van der Waals surface area contributed by atoms with Gasteiger partial charge < -0.3 is 4.90 Å². The van der Waals surface area contributed by atoms with Crippen LogP contribution in [0, 0.1) is 0 Å². The molecule has 0 bridgehead atoms. The van der Waals surface area contributed by atoms with E-state index in [1.807, 2.05) is 24.3 Å². The maximum Gasteiger partial charge on any atom is 0.148 e. The molecule has 2 aliphatic rings. The van der Waals surface area contributed by atoms with Gasteiger partial charge in [-0.2, -0.15) is 0 Å². The Morgan fingerprint density at radius 2 is 1.23 bits per heavy atom. The average Bonchev–Trinajstić information content (AvgIpc) is 3.52. The molecule has 39 heavy (non-hydrogen) atoms. The second-order valence-electron chi connectivity index (χ2n) is 10.5. The van der Waals surface area contributed by atoms with Crippen LogP contribution in [0.1, 0.15) is 37.7 Å². The van der Waals surface area contributed by atoms with Crippen LogP contribution in [0.15, 0.2) is 72.8 Å². The Labute approximate surface area is 235 Å². The van der Waals surface area contributed by atoms with Crippen LogP contribution in [0.4, 0.5) is 5.69 Å². The minimum absolute atomic E-state index is 0.421. The Morgan fingerprint density at radius 1 is 0.692 bits per heavy atom. The molecule has 1 saturated heterocycles. The van der Waals surface area contributed by atoms with Crippen LogP contribution >= 0.6 is 11.3 Å². The van der Waals surface area contributed by atoms with E-state index >= 15 is 0 Å². The van der Waals surface area contributed by atoms with Gasteiger partial charge in [0.25, 0.3) is 0 Å². The van der Waals surface area contributed by atoms with Crippen LogP contribution in [-0.4, -0.2) is 54.4 Å². The van der Waals surface area contributed by atoms with Crippen molar-refractivity contribution in [3.05, 3.63) is 78.4 Å². The van der Waals surface area contributed by atoms with Crippen molar-refractivity contribution in [2.24, 2.45) is 0 Å².